The first-order chi connectivity index (χ1) is 14.7. The van der Waals surface area contributed by atoms with Gasteiger partial charge in [-0.3, -0.25) is 4.79 Å². The second-order valence-electron chi connectivity index (χ2n) is 7.03. The number of benzene rings is 2. The van der Waals surface area contributed by atoms with Crippen molar-refractivity contribution in [3.05, 3.63) is 59.7 Å². The number of aliphatic carboxylic acids is 1. The van der Waals surface area contributed by atoms with Crippen molar-refractivity contribution in [3.63, 3.8) is 0 Å². The van der Waals surface area contributed by atoms with E-state index in [-0.39, 0.29) is 18.3 Å². The highest BCUT2D eigenvalue weighted by Gasteiger charge is 2.30. The standard InChI is InChI=1S/C24H25F3O4/c1-3-5-19(14-23(28)29)18-6-10-21(11-7-18)30-15-17(4-2)16-31-22-12-8-20(9-13-22)24(25,26)27/h6-13,17,19H,4,14-16H2,1-2H3,(H,28,29). The van der Waals surface area contributed by atoms with Crippen LogP contribution in [0, 0.1) is 17.8 Å². The predicted octanol–water partition coefficient (Wildman–Crippen LogP) is 5.77. The van der Waals surface area contributed by atoms with Crippen LogP contribution in [0.15, 0.2) is 48.5 Å². The second-order valence-corrected chi connectivity index (χ2v) is 7.03. The Morgan fingerprint density at radius 3 is 1.94 bits per heavy atom. The zero-order valence-corrected chi connectivity index (χ0v) is 17.4. The summed E-state index contributed by atoms with van der Waals surface area (Å²) in [6, 6.07) is 11.7. The van der Waals surface area contributed by atoms with Crippen molar-refractivity contribution >= 4 is 5.97 Å². The topological polar surface area (TPSA) is 55.8 Å². The minimum Gasteiger partial charge on any atom is -0.493 e. The highest BCUT2D eigenvalue weighted by atomic mass is 19.4. The minimum absolute atomic E-state index is 0.0488. The van der Waals surface area contributed by atoms with Crippen LogP contribution >= 0.6 is 0 Å². The summed E-state index contributed by atoms with van der Waals surface area (Å²) < 4.78 is 49.3. The first-order valence-electron chi connectivity index (χ1n) is 9.89. The van der Waals surface area contributed by atoms with Gasteiger partial charge in [-0.25, -0.2) is 0 Å². The number of alkyl halides is 3. The summed E-state index contributed by atoms with van der Waals surface area (Å²) in [5, 5.41) is 9.03. The van der Waals surface area contributed by atoms with Crippen molar-refractivity contribution in [3.8, 4) is 23.3 Å². The molecule has 0 aliphatic heterocycles. The number of hydrogen-bond acceptors (Lipinski definition) is 3. The maximum Gasteiger partial charge on any atom is 0.416 e. The van der Waals surface area contributed by atoms with E-state index in [1.807, 2.05) is 6.92 Å². The molecule has 0 amide bonds. The molecule has 4 nitrogen and oxygen atoms in total. The van der Waals surface area contributed by atoms with Gasteiger partial charge >= 0.3 is 12.1 Å². The molecule has 0 fully saturated rings. The summed E-state index contributed by atoms with van der Waals surface area (Å²) in [4.78, 5) is 11.0. The fourth-order valence-corrected chi connectivity index (χ4v) is 2.85. The van der Waals surface area contributed by atoms with Crippen LogP contribution in [-0.2, 0) is 11.0 Å². The van der Waals surface area contributed by atoms with Crippen molar-refractivity contribution in [2.45, 2.75) is 38.8 Å². The average molecular weight is 434 g/mol. The van der Waals surface area contributed by atoms with Gasteiger partial charge in [0.05, 0.1) is 31.1 Å². The van der Waals surface area contributed by atoms with Gasteiger partial charge in [0.25, 0.3) is 0 Å². The zero-order valence-electron chi connectivity index (χ0n) is 17.4. The van der Waals surface area contributed by atoms with Crippen molar-refractivity contribution < 1.29 is 32.5 Å². The van der Waals surface area contributed by atoms with E-state index >= 15 is 0 Å². The van der Waals surface area contributed by atoms with Crippen molar-refractivity contribution in [2.24, 2.45) is 5.92 Å². The van der Waals surface area contributed by atoms with Gasteiger partial charge in [-0.15, -0.1) is 5.92 Å². The molecule has 0 aliphatic carbocycles. The molecule has 0 saturated carbocycles. The van der Waals surface area contributed by atoms with Gasteiger partial charge in [0.15, 0.2) is 0 Å². The lowest BCUT2D eigenvalue weighted by Gasteiger charge is -2.17. The smallest absolute Gasteiger partial charge is 0.416 e. The molecule has 166 valence electrons. The first kappa shape index (κ1) is 24.1. The lowest BCUT2D eigenvalue weighted by atomic mass is 9.96. The Morgan fingerprint density at radius 2 is 1.52 bits per heavy atom. The number of halogens is 3. The molecule has 2 unspecified atom stereocenters. The quantitative estimate of drug-likeness (QED) is 0.482. The molecule has 2 aromatic rings. The molecule has 0 heterocycles. The maximum atomic E-state index is 12.6. The lowest BCUT2D eigenvalue weighted by Crippen LogP contribution is -2.19. The van der Waals surface area contributed by atoms with Crippen LogP contribution in [0.5, 0.6) is 11.5 Å². The minimum atomic E-state index is -4.37. The monoisotopic (exact) mass is 434 g/mol. The summed E-state index contributed by atoms with van der Waals surface area (Å²) in [5.74, 6) is 5.43. The van der Waals surface area contributed by atoms with E-state index in [9.17, 15) is 18.0 Å². The van der Waals surface area contributed by atoms with Crippen LogP contribution < -0.4 is 9.47 Å². The molecular formula is C24H25F3O4. The summed E-state index contributed by atoms with van der Waals surface area (Å²) in [7, 11) is 0. The van der Waals surface area contributed by atoms with Gasteiger partial charge in [-0.05, 0) is 55.3 Å². The van der Waals surface area contributed by atoms with E-state index in [4.69, 9.17) is 14.6 Å². The van der Waals surface area contributed by atoms with Gasteiger partial charge in [0.2, 0.25) is 0 Å². The number of carboxylic acid groups (broad SMARTS) is 1. The molecule has 2 rings (SSSR count). The Balaban J connectivity index is 1.88. The highest BCUT2D eigenvalue weighted by molar-refractivity contribution is 5.69. The van der Waals surface area contributed by atoms with Crippen LogP contribution in [0.4, 0.5) is 13.2 Å². The summed E-state index contributed by atoms with van der Waals surface area (Å²) in [5.41, 5.74) is 0.0935. The Morgan fingerprint density at radius 1 is 1.00 bits per heavy atom. The third-order valence-corrected chi connectivity index (χ3v) is 4.71. The number of carboxylic acids is 1. The number of ether oxygens (including phenoxy) is 2. The van der Waals surface area contributed by atoms with Gasteiger partial charge in [0, 0.05) is 5.92 Å². The third kappa shape index (κ3) is 7.89. The molecule has 31 heavy (non-hydrogen) atoms. The fraction of sp³-hybridized carbons (Fsp3) is 0.375. The molecule has 0 saturated heterocycles. The van der Waals surface area contributed by atoms with Gasteiger partial charge in [0.1, 0.15) is 11.5 Å². The van der Waals surface area contributed by atoms with E-state index in [2.05, 4.69) is 11.8 Å². The number of hydrogen-bond donors (Lipinski definition) is 1. The van der Waals surface area contributed by atoms with Gasteiger partial charge in [-0.1, -0.05) is 25.0 Å². The zero-order chi connectivity index (χ0) is 22.9. The summed E-state index contributed by atoms with van der Waals surface area (Å²) >= 11 is 0. The first-order valence-corrected chi connectivity index (χ1v) is 9.89. The predicted molar refractivity (Wildman–Crippen MR) is 111 cm³/mol. The Hall–Kier alpha value is -3.14. The van der Waals surface area contributed by atoms with Crippen molar-refractivity contribution in [1.29, 1.82) is 0 Å². The molecule has 0 aliphatic rings. The van der Waals surface area contributed by atoms with Gasteiger partial charge < -0.3 is 14.6 Å². The van der Waals surface area contributed by atoms with E-state index in [1.54, 1.807) is 31.2 Å². The van der Waals surface area contributed by atoms with E-state index in [0.717, 1.165) is 24.1 Å². The second kappa shape index (κ2) is 11.3. The van der Waals surface area contributed by atoms with Crippen LogP contribution in [0.1, 0.15) is 43.7 Å². The van der Waals surface area contributed by atoms with Crippen molar-refractivity contribution in [1.82, 2.24) is 0 Å². The maximum absolute atomic E-state index is 12.6. The SMILES string of the molecule is CC#CC(CC(=O)O)c1ccc(OCC(CC)COc2ccc(C(F)(F)F)cc2)cc1. The molecule has 7 heteroatoms. The Bertz CT molecular complexity index is 894. The lowest BCUT2D eigenvalue weighted by molar-refractivity contribution is -0.138. The normalized spacial score (nSPS) is 12.9. The Labute approximate surface area is 180 Å². The fourth-order valence-electron chi connectivity index (χ4n) is 2.85. The number of rotatable bonds is 10. The largest absolute Gasteiger partial charge is 0.493 e. The molecule has 1 N–H and O–H groups in total. The van der Waals surface area contributed by atoms with Crippen molar-refractivity contribution in [2.75, 3.05) is 13.2 Å². The summed E-state index contributed by atoms with van der Waals surface area (Å²) in [6.45, 7) is 4.34. The van der Waals surface area contributed by atoms with Crippen LogP contribution in [0.3, 0.4) is 0 Å². The van der Waals surface area contributed by atoms with Gasteiger partial charge in [-0.2, -0.15) is 13.2 Å². The van der Waals surface area contributed by atoms with E-state index in [1.165, 1.54) is 12.1 Å². The van der Waals surface area contributed by atoms with Crippen LogP contribution in [0.2, 0.25) is 0 Å². The Kier molecular flexibility index (Phi) is 8.80. The van der Waals surface area contributed by atoms with Crippen LogP contribution in [-0.4, -0.2) is 24.3 Å². The molecular weight excluding hydrogens is 409 g/mol. The van der Waals surface area contributed by atoms with E-state index in [0.29, 0.717) is 24.7 Å². The van der Waals surface area contributed by atoms with E-state index < -0.39 is 17.7 Å². The molecule has 0 bridgehead atoms. The molecule has 2 atom stereocenters. The highest BCUT2D eigenvalue weighted by Crippen LogP contribution is 2.30. The van der Waals surface area contributed by atoms with Crippen LogP contribution in [0.25, 0.3) is 0 Å². The molecule has 0 radical (unpaired) electrons. The number of carbonyl (C=O) groups is 1. The molecule has 2 aromatic carbocycles. The molecule has 0 spiro atoms. The molecule has 0 aromatic heterocycles. The third-order valence-electron chi connectivity index (χ3n) is 4.71. The summed E-state index contributed by atoms with van der Waals surface area (Å²) in [6.07, 6.45) is -3.67. The average Bonchev–Trinajstić information content (AvgIpc) is 2.73.